The van der Waals surface area contributed by atoms with Gasteiger partial charge in [-0.1, -0.05) is 0 Å². The van der Waals surface area contributed by atoms with Crippen LogP contribution in [0.4, 0.5) is 0 Å². The third-order valence-corrected chi connectivity index (χ3v) is 4.17. The first-order valence-electron chi connectivity index (χ1n) is 9.43. The minimum Gasteiger partial charge on any atom is -0.481 e. The van der Waals surface area contributed by atoms with Gasteiger partial charge in [-0.15, -0.1) is 0 Å². The normalized spacial score (nSPS) is 13.5. The van der Waals surface area contributed by atoms with Crippen molar-refractivity contribution in [3.05, 3.63) is 18.2 Å². The van der Waals surface area contributed by atoms with Crippen molar-refractivity contribution in [1.29, 1.82) is 0 Å². The third-order valence-electron chi connectivity index (χ3n) is 4.17. The summed E-state index contributed by atoms with van der Waals surface area (Å²) in [5, 5.41) is 22.9. The van der Waals surface area contributed by atoms with Crippen molar-refractivity contribution in [2.24, 2.45) is 22.2 Å². The van der Waals surface area contributed by atoms with E-state index in [-0.39, 0.29) is 38.2 Å². The molecule has 11 N–H and O–H groups in total. The van der Waals surface area contributed by atoms with E-state index in [9.17, 15) is 24.3 Å². The van der Waals surface area contributed by atoms with Gasteiger partial charge in [-0.05, 0) is 19.3 Å². The van der Waals surface area contributed by atoms with Gasteiger partial charge in [0, 0.05) is 31.3 Å². The number of nitrogens with zero attached hydrogens (tertiary/aromatic N) is 2. The Kier molecular flexibility index (Phi) is 10.5. The number of aromatic nitrogens is 2. The SMILES string of the molecule is NC(N)=NCCCC(NC(=O)C(CCC(=O)O)NC(=O)C(N)Cc1cnc[nH]1)C(=O)O. The van der Waals surface area contributed by atoms with Crippen molar-refractivity contribution in [3.63, 3.8) is 0 Å². The molecule has 0 fully saturated rings. The summed E-state index contributed by atoms with van der Waals surface area (Å²) < 4.78 is 0. The van der Waals surface area contributed by atoms with Crippen molar-refractivity contribution in [2.45, 2.75) is 50.2 Å². The maximum Gasteiger partial charge on any atom is 0.326 e. The highest BCUT2D eigenvalue weighted by Gasteiger charge is 2.28. The molecule has 1 heterocycles. The topological polar surface area (TPSA) is 252 Å². The molecule has 31 heavy (non-hydrogen) atoms. The van der Waals surface area contributed by atoms with E-state index in [1.54, 1.807) is 0 Å². The average molecular weight is 440 g/mol. The van der Waals surface area contributed by atoms with Crippen molar-refractivity contribution >= 4 is 29.7 Å². The Labute approximate surface area is 177 Å². The summed E-state index contributed by atoms with van der Waals surface area (Å²) >= 11 is 0. The smallest absolute Gasteiger partial charge is 0.326 e. The highest BCUT2D eigenvalue weighted by atomic mass is 16.4. The molecule has 0 saturated carbocycles. The standard InChI is InChI=1S/C17H28N8O6/c18-10(6-9-7-21-8-23-9)14(28)24-11(3-4-13(26)27)15(29)25-12(16(30)31)2-1-5-22-17(19)20/h7-8,10-12H,1-6,18H2,(H,21,23)(H,24,28)(H,25,29)(H,26,27)(H,30,31)(H4,19,20,22). The number of nitrogens with one attached hydrogen (secondary N) is 3. The molecule has 0 spiro atoms. The lowest BCUT2D eigenvalue weighted by atomic mass is 10.1. The number of imidazole rings is 1. The van der Waals surface area contributed by atoms with E-state index in [1.807, 2.05) is 0 Å². The highest BCUT2D eigenvalue weighted by Crippen LogP contribution is 2.04. The van der Waals surface area contributed by atoms with E-state index in [1.165, 1.54) is 12.5 Å². The number of carboxylic acid groups (broad SMARTS) is 2. The largest absolute Gasteiger partial charge is 0.481 e. The zero-order chi connectivity index (χ0) is 23.4. The molecular weight excluding hydrogens is 412 g/mol. The summed E-state index contributed by atoms with van der Waals surface area (Å²) in [5.74, 6) is -4.14. The van der Waals surface area contributed by atoms with Crippen LogP contribution in [-0.2, 0) is 25.6 Å². The number of hydrogen-bond donors (Lipinski definition) is 8. The summed E-state index contributed by atoms with van der Waals surface area (Å²) in [6.07, 6.45) is 2.65. The fourth-order valence-corrected chi connectivity index (χ4v) is 2.57. The summed E-state index contributed by atoms with van der Waals surface area (Å²) in [6.45, 7) is 0.170. The van der Waals surface area contributed by atoms with E-state index < -0.39 is 48.3 Å². The quantitative estimate of drug-likeness (QED) is 0.0840. The van der Waals surface area contributed by atoms with Gasteiger partial charge in [0.25, 0.3) is 0 Å². The van der Waals surface area contributed by atoms with Gasteiger partial charge in [0.05, 0.1) is 12.4 Å². The first kappa shape index (κ1) is 25.4. The second-order valence-corrected chi connectivity index (χ2v) is 6.73. The van der Waals surface area contributed by atoms with E-state index in [0.29, 0.717) is 5.69 Å². The minimum atomic E-state index is -1.29. The van der Waals surface area contributed by atoms with Crippen molar-refractivity contribution in [1.82, 2.24) is 20.6 Å². The highest BCUT2D eigenvalue weighted by molar-refractivity contribution is 5.92. The van der Waals surface area contributed by atoms with Crippen LogP contribution in [-0.4, -0.2) is 74.6 Å². The first-order chi connectivity index (χ1) is 14.6. The van der Waals surface area contributed by atoms with Crippen LogP contribution in [0.1, 0.15) is 31.4 Å². The third kappa shape index (κ3) is 10.1. The number of carbonyl (C=O) groups is 4. The molecule has 0 radical (unpaired) electrons. The summed E-state index contributed by atoms with van der Waals surface area (Å²) in [7, 11) is 0. The molecule has 3 unspecified atom stereocenters. The Bertz CT molecular complexity index is 778. The molecule has 0 aliphatic carbocycles. The second-order valence-electron chi connectivity index (χ2n) is 6.73. The number of nitrogens with two attached hydrogens (primary N) is 3. The van der Waals surface area contributed by atoms with Gasteiger partial charge in [0.15, 0.2) is 5.96 Å². The van der Waals surface area contributed by atoms with Gasteiger partial charge < -0.3 is 43.0 Å². The molecule has 14 nitrogen and oxygen atoms in total. The van der Waals surface area contributed by atoms with E-state index >= 15 is 0 Å². The number of aliphatic imine (C=N–C) groups is 1. The Balaban J connectivity index is 2.75. The Morgan fingerprint density at radius 2 is 1.77 bits per heavy atom. The van der Waals surface area contributed by atoms with Crippen molar-refractivity contribution in [2.75, 3.05) is 6.54 Å². The number of guanidine groups is 1. The van der Waals surface area contributed by atoms with Gasteiger partial charge in [0.2, 0.25) is 11.8 Å². The lowest BCUT2D eigenvalue weighted by Crippen LogP contribution is -2.54. The van der Waals surface area contributed by atoms with Crippen LogP contribution in [0.3, 0.4) is 0 Å². The zero-order valence-corrected chi connectivity index (χ0v) is 16.8. The fraction of sp³-hybridized carbons (Fsp3) is 0.529. The van der Waals surface area contributed by atoms with Crippen LogP contribution in [0.2, 0.25) is 0 Å². The average Bonchev–Trinajstić information content (AvgIpc) is 3.19. The Hall–Kier alpha value is -3.68. The van der Waals surface area contributed by atoms with Crippen LogP contribution in [0.15, 0.2) is 17.5 Å². The Morgan fingerprint density at radius 1 is 1.10 bits per heavy atom. The van der Waals surface area contributed by atoms with Gasteiger partial charge in [-0.25, -0.2) is 9.78 Å². The number of carboxylic acids is 2. The molecule has 14 heteroatoms. The number of rotatable bonds is 14. The van der Waals surface area contributed by atoms with Crippen LogP contribution in [0.25, 0.3) is 0 Å². The van der Waals surface area contributed by atoms with Crippen molar-refractivity contribution < 1.29 is 29.4 Å². The van der Waals surface area contributed by atoms with Gasteiger partial charge in [0.1, 0.15) is 12.1 Å². The summed E-state index contributed by atoms with van der Waals surface area (Å²) in [6, 6.07) is -3.59. The molecule has 0 aliphatic rings. The Morgan fingerprint density at radius 3 is 2.32 bits per heavy atom. The molecule has 1 aromatic rings. The van der Waals surface area contributed by atoms with Crippen LogP contribution in [0.5, 0.6) is 0 Å². The number of H-pyrrole nitrogens is 1. The molecule has 0 saturated heterocycles. The molecular formula is C17H28N8O6. The number of aliphatic carboxylic acids is 2. The van der Waals surface area contributed by atoms with Crippen LogP contribution >= 0.6 is 0 Å². The van der Waals surface area contributed by atoms with Gasteiger partial charge >= 0.3 is 11.9 Å². The minimum absolute atomic E-state index is 0.0246. The molecule has 3 atom stereocenters. The van der Waals surface area contributed by atoms with Gasteiger partial charge in [-0.3, -0.25) is 19.4 Å². The number of carbonyl (C=O) groups excluding carboxylic acids is 2. The predicted molar refractivity (Wildman–Crippen MR) is 109 cm³/mol. The maximum absolute atomic E-state index is 12.6. The number of aromatic amines is 1. The van der Waals surface area contributed by atoms with Gasteiger partial charge in [-0.2, -0.15) is 0 Å². The molecule has 2 amide bonds. The summed E-state index contributed by atoms with van der Waals surface area (Å²) in [4.78, 5) is 57.6. The zero-order valence-electron chi connectivity index (χ0n) is 16.8. The van der Waals surface area contributed by atoms with E-state index in [0.717, 1.165) is 0 Å². The predicted octanol–water partition coefficient (Wildman–Crippen LogP) is -2.75. The van der Waals surface area contributed by atoms with E-state index in [2.05, 4.69) is 25.6 Å². The maximum atomic E-state index is 12.6. The first-order valence-corrected chi connectivity index (χ1v) is 9.43. The molecule has 0 bridgehead atoms. The van der Waals surface area contributed by atoms with E-state index in [4.69, 9.17) is 22.3 Å². The fourth-order valence-electron chi connectivity index (χ4n) is 2.57. The molecule has 0 aliphatic heterocycles. The lowest BCUT2D eigenvalue weighted by molar-refractivity contribution is -0.143. The second kappa shape index (κ2) is 12.8. The number of amides is 2. The number of hydrogen-bond acceptors (Lipinski definition) is 7. The molecule has 1 rings (SSSR count). The monoisotopic (exact) mass is 440 g/mol. The summed E-state index contributed by atoms with van der Waals surface area (Å²) in [5.41, 5.74) is 16.8. The molecule has 172 valence electrons. The molecule has 1 aromatic heterocycles. The van der Waals surface area contributed by atoms with Crippen molar-refractivity contribution in [3.8, 4) is 0 Å². The molecule has 0 aromatic carbocycles. The van der Waals surface area contributed by atoms with Crippen LogP contribution < -0.4 is 27.8 Å². The van der Waals surface area contributed by atoms with Crippen LogP contribution in [0, 0.1) is 0 Å². The lowest BCUT2D eigenvalue weighted by Gasteiger charge is -2.22.